The largest absolute Gasteiger partial charge is 0.323 e. The molecule has 0 atom stereocenters. The van der Waals surface area contributed by atoms with Gasteiger partial charge in [-0.1, -0.05) is 49.6 Å². The molecule has 1 rings (SSSR count). The van der Waals surface area contributed by atoms with Crippen LogP contribution in [0, 0.1) is 0 Å². The van der Waals surface area contributed by atoms with Gasteiger partial charge in [-0.15, -0.1) is 0 Å². The van der Waals surface area contributed by atoms with Gasteiger partial charge >= 0.3 is 6.03 Å². The third-order valence-corrected chi connectivity index (χ3v) is 2.03. The van der Waals surface area contributed by atoms with Crippen LogP contribution >= 0.6 is 0 Å². The summed E-state index contributed by atoms with van der Waals surface area (Å²) in [5.41, 5.74) is 1.35. The Morgan fingerprint density at radius 1 is 1.11 bits per heavy atom. The van der Waals surface area contributed by atoms with Gasteiger partial charge in [0.05, 0.1) is 0 Å². The van der Waals surface area contributed by atoms with Crippen LogP contribution in [0.15, 0.2) is 79.6 Å². The summed E-state index contributed by atoms with van der Waals surface area (Å²) < 4.78 is 0. The van der Waals surface area contributed by atoms with E-state index < -0.39 is 0 Å². The molecule has 18 heavy (non-hydrogen) atoms. The van der Waals surface area contributed by atoms with Gasteiger partial charge < -0.3 is 10.6 Å². The van der Waals surface area contributed by atoms with Crippen LogP contribution in [0.2, 0.25) is 0 Å². The zero-order chi connectivity index (χ0) is 13.2. The molecule has 0 saturated heterocycles. The molecule has 2 amide bonds. The van der Waals surface area contributed by atoms with Crippen molar-refractivity contribution in [3.8, 4) is 0 Å². The molecule has 0 bridgehead atoms. The second-order valence-electron chi connectivity index (χ2n) is 3.39. The smallest absolute Gasteiger partial charge is 0.308 e. The third kappa shape index (κ3) is 4.99. The van der Waals surface area contributed by atoms with E-state index >= 15 is 0 Å². The molecule has 0 aliphatic heterocycles. The number of carbonyl (C=O) groups is 1. The van der Waals surface area contributed by atoms with Crippen LogP contribution in [-0.2, 0) is 0 Å². The summed E-state index contributed by atoms with van der Waals surface area (Å²) in [6.45, 7) is 7.19. The van der Waals surface area contributed by atoms with Crippen molar-refractivity contribution in [2.24, 2.45) is 0 Å². The van der Waals surface area contributed by atoms with Crippen molar-refractivity contribution in [3.05, 3.63) is 79.6 Å². The third-order valence-electron chi connectivity index (χ3n) is 2.03. The minimum Gasteiger partial charge on any atom is -0.308 e. The standard InChI is InChI=1S/C15H16N2O/c1-3-5-7-10-13(4-2)16-15(18)17-14-11-8-6-9-12-14/h3-12H,1-2H2,(H2,16,17,18)/b7-5-,13-10+. The SMILES string of the molecule is C=C/C=C\C=C(/C=C)NC(=O)Nc1ccccc1. The lowest BCUT2D eigenvalue weighted by Gasteiger charge is -2.07. The van der Waals surface area contributed by atoms with Gasteiger partial charge in [0.1, 0.15) is 0 Å². The highest BCUT2D eigenvalue weighted by Gasteiger charge is 2.01. The number of nitrogens with one attached hydrogen (secondary N) is 2. The molecule has 0 aliphatic rings. The number of hydrogen-bond donors (Lipinski definition) is 2. The number of urea groups is 1. The predicted molar refractivity (Wildman–Crippen MR) is 76.2 cm³/mol. The van der Waals surface area contributed by atoms with Crippen molar-refractivity contribution in [3.63, 3.8) is 0 Å². The Balaban J connectivity index is 2.58. The Hall–Kier alpha value is -2.55. The highest BCUT2D eigenvalue weighted by atomic mass is 16.2. The summed E-state index contributed by atoms with van der Waals surface area (Å²) in [5, 5.41) is 5.40. The van der Waals surface area contributed by atoms with Crippen LogP contribution < -0.4 is 10.6 Å². The zero-order valence-corrected chi connectivity index (χ0v) is 10.1. The van der Waals surface area contributed by atoms with Gasteiger partial charge in [0.25, 0.3) is 0 Å². The van der Waals surface area contributed by atoms with Gasteiger partial charge in [-0.05, 0) is 24.3 Å². The highest BCUT2D eigenvalue weighted by Crippen LogP contribution is 2.04. The molecule has 0 aliphatic carbocycles. The molecule has 0 aromatic heterocycles. The minimum atomic E-state index is -0.306. The number of hydrogen-bond acceptors (Lipinski definition) is 1. The van der Waals surface area contributed by atoms with Gasteiger partial charge in [0.15, 0.2) is 0 Å². The molecule has 3 heteroatoms. The second-order valence-corrected chi connectivity index (χ2v) is 3.39. The van der Waals surface area contributed by atoms with E-state index in [2.05, 4.69) is 23.8 Å². The summed E-state index contributed by atoms with van der Waals surface area (Å²) in [7, 11) is 0. The van der Waals surface area contributed by atoms with Crippen LogP contribution in [0.1, 0.15) is 0 Å². The average molecular weight is 240 g/mol. The molecule has 0 fully saturated rings. The molecule has 2 N–H and O–H groups in total. The van der Waals surface area contributed by atoms with Crippen molar-refractivity contribution >= 4 is 11.7 Å². The summed E-state index contributed by atoms with van der Waals surface area (Å²) in [5.74, 6) is 0. The number of amides is 2. The van der Waals surface area contributed by atoms with E-state index in [1.807, 2.05) is 30.3 Å². The van der Waals surface area contributed by atoms with Gasteiger partial charge in [-0.2, -0.15) is 0 Å². The first kappa shape index (κ1) is 13.5. The fourth-order valence-corrected chi connectivity index (χ4v) is 1.21. The van der Waals surface area contributed by atoms with Gasteiger partial charge in [-0.25, -0.2) is 4.79 Å². The normalized spacial score (nSPS) is 11.0. The molecule has 3 nitrogen and oxygen atoms in total. The lowest BCUT2D eigenvalue weighted by Crippen LogP contribution is -2.27. The molecule has 92 valence electrons. The fourth-order valence-electron chi connectivity index (χ4n) is 1.21. The number of benzene rings is 1. The predicted octanol–water partition coefficient (Wildman–Crippen LogP) is 3.62. The lowest BCUT2D eigenvalue weighted by atomic mass is 10.3. The van der Waals surface area contributed by atoms with Crippen LogP contribution in [-0.4, -0.2) is 6.03 Å². The lowest BCUT2D eigenvalue weighted by molar-refractivity contribution is 0.254. The van der Waals surface area contributed by atoms with Crippen LogP contribution in [0.25, 0.3) is 0 Å². The van der Waals surface area contributed by atoms with Crippen molar-refractivity contribution < 1.29 is 4.79 Å². The topological polar surface area (TPSA) is 41.1 Å². The van der Waals surface area contributed by atoms with Crippen molar-refractivity contribution in [2.75, 3.05) is 5.32 Å². The van der Waals surface area contributed by atoms with E-state index in [0.29, 0.717) is 5.70 Å². The molecule has 0 saturated carbocycles. The van der Waals surface area contributed by atoms with Gasteiger partial charge in [0, 0.05) is 11.4 Å². The Morgan fingerprint density at radius 2 is 1.83 bits per heavy atom. The highest BCUT2D eigenvalue weighted by molar-refractivity contribution is 5.90. The maximum atomic E-state index is 11.7. The number of allylic oxidation sites excluding steroid dienone is 5. The molecular weight excluding hydrogens is 224 g/mol. The Bertz CT molecular complexity index is 473. The zero-order valence-electron chi connectivity index (χ0n) is 10.1. The number of rotatable bonds is 5. The maximum absolute atomic E-state index is 11.7. The summed E-state index contributed by atoms with van der Waals surface area (Å²) in [4.78, 5) is 11.7. The molecule has 0 spiro atoms. The van der Waals surface area contributed by atoms with E-state index in [-0.39, 0.29) is 6.03 Å². The van der Waals surface area contributed by atoms with Gasteiger partial charge in [-0.3, -0.25) is 0 Å². The second kappa shape index (κ2) is 7.68. The molecule has 0 heterocycles. The van der Waals surface area contributed by atoms with Gasteiger partial charge in [0.2, 0.25) is 0 Å². The van der Waals surface area contributed by atoms with E-state index in [4.69, 9.17) is 0 Å². The van der Waals surface area contributed by atoms with Crippen LogP contribution in [0.5, 0.6) is 0 Å². The van der Waals surface area contributed by atoms with Crippen molar-refractivity contribution in [2.45, 2.75) is 0 Å². The quantitative estimate of drug-likeness (QED) is 0.758. The molecule has 0 unspecified atom stereocenters. The molecule has 1 aromatic rings. The summed E-state index contributed by atoms with van der Waals surface area (Å²) >= 11 is 0. The number of carbonyl (C=O) groups excluding carboxylic acids is 1. The first-order chi connectivity index (χ1) is 8.76. The van der Waals surface area contributed by atoms with Crippen molar-refractivity contribution in [1.29, 1.82) is 0 Å². The molecule has 1 aromatic carbocycles. The van der Waals surface area contributed by atoms with Crippen molar-refractivity contribution in [1.82, 2.24) is 5.32 Å². The first-order valence-electron chi connectivity index (χ1n) is 5.51. The van der Waals surface area contributed by atoms with Crippen LogP contribution in [0.3, 0.4) is 0 Å². The van der Waals surface area contributed by atoms with Crippen LogP contribution in [0.4, 0.5) is 10.5 Å². The van der Waals surface area contributed by atoms with E-state index in [0.717, 1.165) is 5.69 Å². The fraction of sp³-hybridized carbons (Fsp3) is 0. The summed E-state index contributed by atoms with van der Waals surface area (Å²) in [6.07, 6.45) is 8.49. The van der Waals surface area contributed by atoms with E-state index in [1.165, 1.54) is 0 Å². The number of anilines is 1. The van der Waals surface area contributed by atoms with E-state index in [9.17, 15) is 4.79 Å². The molecule has 0 radical (unpaired) electrons. The monoisotopic (exact) mass is 240 g/mol. The maximum Gasteiger partial charge on any atom is 0.323 e. The summed E-state index contributed by atoms with van der Waals surface area (Å²) in [6, 6.07) is 8.92. The Morgan fingerprint density at radius 3 is 2.44 bits per heavy atom. The number of para-hydroxylation sites is 1. The molecular formula is C15H16N2O. The first-order valence-corrected chi connectivity index (χ1v) is 5.51. The average Bonchev–Trinajstić information content (AvgIpc) is 2.39. The minimum absolute atomic E-state index is 0.306. The Labute approximate surface area is 107 Å². The van der Waals surface area contributed by atoms with E-state index in [1.54, 1.807) is 30.4 Å². The Kier molecular flexibility index (Phi) is 5.77.